The zero-order chi connectivity index (χ0) is 21.8. The number of ether oxygens (including phenoxy) is 4. The van der Waals surface area contributed by atoms with E-state index < -0.39 is 0 Å². The van der Waals surface area contributed by atoms with Crippen LogP contribution in [-0.2, 0) is 13.1 Å². The second-order valence-electron chi connectivity index (χ2n) is 7.62. The third kappa shape index (κ3) is 4.08. The van der Waals surface area contributed by atoms with E-state index in [9.17, 15) is 0 Å². The number of nitrogens with zero attached hydrogens (tertiary/aromatic N) is 2. The first kappa shape index (κ1) is 21.1. The molecule has 0 radical (unpaired) electrons. The van der Waals surface area contributed by atoms with E-state index in [1.54, 1.807) is 28.4 Å². The number of fused-ring (bicyclic) bond motifs is 1. The predicted octanol–water partition coefficient (Wildman–Crippen LogP) is 4.52. The molecular formula is C25H30N2O4. The highest BCUT2D eigenvalue weighted by atomic mass is 16.5. The fraction of sp³-hybridized carbons (Fsp3) is 0.360. The summed E-state index contributed by atoms with van der Waals surface area (Å²) in [5, 5.41) is 0. The first-order valence-electron chi connectivity index (χ1n) is 10.5. The Labute approximate surface area is 183 Å². The van der Waals surface area contributed by atoms with Crippen LogP contribution in [0.2, 0.25) is 0 Å². The van der Waals surface area contributed by atoms with E-state index in [1.165, 1.54) is 11.3 Å². The smallest absolute Gasteiger partial charge is 0.203 e. The molecule has 6 heteroatoms. The van der Waals surface area contributed by atoms with Gasteiger partial charge < -0.3 is 23.5 Å². The number of methoxy groups -OCH3 is 4. The number of hydrogen-bond donors (Lipinski definition) is 0. The van der Waals surface area contributed by atoms with Gasteiger partial charge in [0.1, 0.15) is 5.75 Å². The van der Waals surface area contributed by atoms with E-state index in [0.717, 1.165) is 43.1 Å². The van der Waals surface area contributed by atoms with Crippen molar-refractivity contribution in [3.63, 3.8) is 0 Å². The molecule has 3 aromatic rings. The van der Waals surface area contributed by atoms with Crippen LogP contribution < -0.4 is 18.9 Å². The van der Waals surface area contributed by atoms with Crippen LogP contribution in [0.15, 0.2) is 54.7 Å². The number of hydrogen-bond acceptors (Lipinski definition) is 5. The van der Waals surface area contributed by atoms with Crippen molar-refractivity contribution >= 4 is 0 Å². The number of rotatable bonds is 7. The molecule has 0 amide bonds. The molecule has 31 heavy (non-hydrogen) atoms. The average Bonchev–Trinajstić information content (AvgIpc) is 3.20. The van der Waals surface area contributed by atoms with Gasteiger partial charge in [-0.25, -0.2) is 0 Å². The van der Waals surface area contributed by atoms with Gasteiger partial charge in [0.25, 0.3) is 0 Å². The van der Waals surface area contributed by atoms with Gasteiger partial charge >= 0.3 is 0 Å². The molecule has 4 rings (SSSR count). The molecule has 0 bridgehead atoms. The van der Waals surface area contributed by atoms with Crippen molar-refractivity contribution in [1.29, 1.82) is 0 Å². The Hall–Kier alpha value is -3.12. The van der Waals surface area contributed by atoms with E-state index in [1.807, 2.05) is 18.2 Å². The van der Waals surface area contributed by atoms with Crippen molar-refractivity contribution in [3.05, 3.63) is 71.5 Å². The SMILES string of the molecule is COc1ccc([C@H]2c3cccn3CCCN2Cc2ccc(OC)c(OC)c2OC)cc1. The van der Waals surface area contributed by atoms with Crippen LogP contribution in [0.25, 0.3) is 0 Å². The molecule has 1 atom stereocenters. The van der Waals surface area contributed by atoms with Gasteiger partial charge in [0.15, 0.2) is 11.5 Å². The van der Waals surface area contributed by atoms with Crippen LogP contribution in [0.3, 0.4) is 0 Å². The Morgan fingerprint density at radius 3 is 2.26 bits per heavy atom. The molecule has 0 saturated carbocycles. The maximum Gasteiger partial charge on any atom is 0.203 e. The van der Waals surface area contributed by atoms with Crippen molar-refractivity contribution in [3.8, 4) is 23.0 Å². The Balaban J connectivity index is 1.75. The molecule has 0 fully saturated rings. The van der Waals surface area contributed by atoms with Crippen molar-refractivity contribution in [2.75, 3.05) is 35.0 Å². The highest BCUT2D eigenvalue weighted by molar-refractivity contribution is 5.55. The summed E-state index contributed by atoms with van der Waals surface area (Å²) in [5.41, 5.74) is 3.60. The molecule has 164 valence electrons. The molecule has 1 aliphatic heterocycles. The zero-order valence-electron chi connectivity index (χ0n) is 18.6. The Kier molecular flexibility index (Phi) is 6.37. The molecule has 0 saturated heterocycles. The molecule has 2 heterocycles. The summed E-state index contributed by atoms with van der Waals surface area (Å²) in [5.74, 6) is 2.87. The van der Waals surface area contributed by atoms with Crippen molar-refractivity contribution in [2.24, 2.45) is 0 Å². The van der Waals surface area contributed by atoms with E-state index in [0.29, 0.717) is 11.5 Å². The van der Waals surface area contributed by atoms with E-state index >= 15 is 0 Å². The largest absolute Gasteiger partial charge is 0.497 e. The summed E-state index contributed by atoms with van der Waals surface area (Å²) in [7, 11) is 6.65. The highest BCUT2D eigenvalue weighted by Gasteiger charge is 2.29. The third-order valence-electron chi connectivity index (χ3n) is 5.94. The first-order valence-corrected chi connectivity index (χ1v) is 10.5. The van der Waals surface area contributed by atoms with Crippen LogP contribution in [0, 0.1) is 0 Å². The van der Waals surface area contributed by atoms with Gasteiger partial charge in [-0.1, -0.05) is 18.2 Å². The lowest BCUT2D eigenvalue weighted by atomic mass is 10.0. The van der Waals surface area contributed by atoms with Crippen LogP contribution in [-0.4, -0.2) is 44.5 Å². The Morgan fingerprint density at radius 1 is 0.806 bits per heavy atom. The predicted molar refractivity (Wildman–Crippen MR) is 120 cm³/mol. The summed E-state index contributed by atoms with van der Waals surface area (Å²) in [6, 6.07) is 16.9. The summed E-state index contributed by atoms with van der Waals surface area (Å²) in [4.78, 5) is 2.50. The summed E-state index contributed by atoms with van der Waals surface area (Å²) >= 11 is 0. The average molecular weight is 423 g/mol. The molecule has 1 aromatic heterocycles. The molecule has 0 unspecified atom stereocenters. The monoisotopic (exact) mass is 422 g/mol. The molecule has 0 aliphatic carbocycles. The first-order chi connectivity index (χ1) is 15.2. The van der Waals surface area contributed by atoms with E-state index in [2.05, 4.69) is 46.0 Å². The molecule has 2 aromatic carbocycles. The third-order valence-corrected chi connectivity index (χ3v) is 5.94. The molecule has 1 aliphatic rings. The van der Waals surface area contributed by atoms with E-state index in [-0.39, 0.29) is 6.04 Å². The van der Waals surface area contributed by atoms with Gasteiger partial charge in [-0.2, -0.15) is 0 Å². The maximum atomic E-state index is 5.75. The minimum Gasteiger partial charge on any atom is -0.497 e. The molecule has 0 spiro atoms. The summed E-state index contributed by atoms with van der Waals surface area (Å²) in [6.45, 7) is 2.70. The lowest BCUT2D eigenvalue weighted by molar-refractivity contribution is 0.216. The number of aromatic nitrogens is 1. The zero-order valence-corrected chi connectivity index (χ0v) is 18.6. The second kappa shape index (κ2) is 9.35. The van der Waals surface area contributed by atoms with Crippen LogP contribution in [0.5, 0.6) is 23.0 Å². The summed E-state index contributed by atoms with van der Waals surface area (Å²) in [6.07, 6.45) is 3.25. The number of aryl methyl sites for hydroxylation is 1. The molecular weight excluding hydrogens is 392 g/mol. The van der Waals surface area contributed by atoms with Gasteiger partial charge in [0.2, 0.25) is 5.75 Å². The topological polar surface area (TPSA) is 45.1 Å². The highest BCUT2D eigenvalue weighted by Crippen LogP contribution is 2.42. The van der Waals surface area contributed by atoms with Crippen LogP contribution >= 0.6 is 0 Å². The van der Waals surface area contributed by atoms with Crippen molar-refractivity contribution in [2.45, 2.75) is 25.6 Å². The van der Waals surface area contributed by atoms with Crippen molar-refractivity contribution < 1.29 is 18.9 Å². The van der Waals surface area contributed by atoms with Gasteiger partial charge in [-0.05, 0) is 42.3 Å². The second-order valence-corrected chi connectivity index (χ2v) is 7.62. The quantitative estimate of drug-likeness (QED) is 0.560. The van der Waals surface area contributed by atoms with Gasteiger partial charge in [-0.3, -0.25) is 4.90 Å². The normalized spacial score (nSPS) is 16.3. The van der Waals surface area contributed by atoms with Crippen LogP contribution in [0.4, 0.5) is 0 Å². The minimum atomic E-state index is 0.126. The van der Waals surface area contributed by atoms with Crippen LogP contribution in [0.1, 0.15) is 29.3 Å². The maximum absolute atomic E-state index is 5.75. The lowest BCUT2D eigenvalue weighted by Crippen LogP contribution is -2.29. The minimum absolute atomic E-state index is 0.126. The fourth-order valence-electron chi connectivity index (χ4n) is 4.48. The standard InChI is InChI=1S/C25H30N2O4/c1-28-20-11-8-18(9-12-20)23-21-7-5-14-26(21)15-6-16-27(23)17-19-10-13-22(29-2)25(31-4)24(19)30-3/h5,7-14,23H,6,15-17H2,1-4H3/t23-/m0/s1. The van der Waals surface area contributed by atoms with Gasteiger partial charge in [0.05, 0.1) is 34.5 Å². The summed E-state index contributed by atoms with van der Waals surface area (Å²) < 4.78 is 24.6. The Bertz CT molecular complexity index is 1010. The van der Waals surface area contributed by atoms with Crippen molar-refractivity contribution in [1.82, 2.24) is 9.47 Å². The fourth-order valence-corrected chi connectivity index (χ4v) is 4.48. The number of benzene rings is 2. The Morgan fingerprint density at radius 2 is 1.58 bits per heavy atom. The molecule has 6 nitrogen and oxygen atoms in total. The van der Waals surface area contributed by atoms with Gasteiger partial charge in [-0.15, -0.1) is 0 Å². The molecule has 0 N–H and O–H groups in total. The lowest BCUT2D eigenvalue weighted by Gasteiger charge is -2.31. The van der Waals surface area contributed by atoms with E-state index in [4.69, 9.17) is 18.9 Å². The van der Waals surface area contributed by atoms with Gasteiger partial charge in [0, 0.05) is 37.1 Å².